The summed E-state index contributed by atoms with van der Waals surface area (Å²) in [7, 11) is 0. The van der Waals surface area contributed by atoms with Crippen molar-refractivity contribution in [2.75, 3.05) is 0 Å². The lowest BCUT2D eigenvalue weighted by Gasteiger charge is -2.42. The normalized spacial score (nSPS) is 19.5. The molecule has 1 saturated carbocycles. The molecule has 0 aromatic carbocycles. The van der Waals surface area contributed by atoms with Crippen LogP contribution in [0.15, 0.2) is 0 Å². The van der Waals surface area contributed by atoms with Crippen LogP contribution in [0.1, 0.15) is 46.5 Å². The predicted octanol–water partition coefficient (Wildman–Crippen LogP) is 2.21. The molecule has 1 aliphatic carbocycles. The average molecular weight is 254 g/mol. The van der Waals surface area contributed by atoms with E-state index in [0.29, 0.717) is 12.3 Å². The SMILES string of the molecule is CC(C)(C)N(C(=O)O)[C@H](CC1CCC1)[C@H](O)C#N. The molecule has 0 aliphatic heterocycles. The molecule has 0 bridgehead atoms. The van der Waals surface area contributed by atoms with Gasteiger partial charge in [0.2, 0.25) is 0 Å². The third kappa shape index (κ3) is 3.36. The lowest BCUT2D eigenvalue weighted by Crippen LogP contribution is -2.56. The molecule has 1 aliphatic rings. The minimum Gasteiger partial charge on any atom is -0.465 e. The highest BCUT2D eigenvalue weighted by Crippen LogP contribution is 2.34. The number of aliphatic hydroxyl groups excluding tert-OH is 1. The number of carbonyl (C=O) groups is 1. The van der Waals surface area contributed by atoms with E-state index < -0.39 is 23.8 Å². The van der Waals surface area contributed by atoms with Gasteiger partial charge in [-0.1, -0.05) is 19.3 Å². The molecule has 0 radical (unpaired) electrons. The fourth-order valence-corrected chi connectivity index (χ4v) is 2.46. The Bertz CT molecular complexity index is 339. The van der Waals surface area contributed by atoms with Crippen molar-refractivity contribution >= 4 is 6.09 Å². The first-order valence-electron chi connectivity index (χ1n) is 6.37. The predicted molar refractivity (Wildman–Crippen MR) is 67.0 cm³/mol. The smallest absolute Gasteiger partial charge is 0.408 e. The number of rotatable bonds is 4. The first-order valence-corrected chi connectivity index (χ1v) is 6.37. The fourth-order valence-electron chi connectivity index (χ4n) is 2.46. The van der Waals surface area contributed by atoms with E-state index in [9.17, 15) is 15.0 Å². The second kappa shape index (κ2) is 5.57. The molecule has 0 saturated heterocycles. The molecule has 18 heavy (non-hydrogen) atoms. The molecular weight excluding hydrogens is 232 g/mol. The van der Waals surface area contributed by atoms with Crippen molar-refractivity contribution in [3.05, 3.63) is 0 Å². The highest BCUT2D eigenvalue weighted by molar-refractivity contribution is 5.66. The first-order chi connectivity index (χ1) is 8.27. The number of aliphatic hydroxyl groups is 1. The van der Waals surface area contributed by atoms with Gasteiger partial charge in [0.05, 0.1) is 12.1 Å². The zero-order valence-corrected chi connectivity index (χ0v) is 11.3. The molecule has 1 rings (SSSR count). The molecule has 0 aromatic rings. The Kier molecular flexibility index (Phi) is 4.58. The summed E-state index contributed by atoms with van der Waals surface area (Å²) in [4.78, 5) is 12.6. The van der Waals surface area contributed by atoms with E-state index in [1.807, 2.05) is 0 Å². The summed E-state index contributed by atoms with van der Waals surface area (Å²) >= 11 is 0. The standard InChI is InChI=1S/C13H22N2O3/c1-13(2,3)15(12(17)18)10(11(16)8-14)7-9-5-4-6-9/h9-11,16H,4-7H2,1-3H3,(H,17,18)/t10-,11-/m1/s1. The molecule has 0 aromatic heterocycles. The van der Waals surface area contributed by atoms with Crippen LogP contribution in [0.5, 0.6) is 0 Å². The van der Waals surface area contributed by atoms with Crippen LogP contribution < -0.4 is 0 Å². The van der Waals surface area contributed by atoms with Crippen LogP contribution in [-0.2, 0) is 0 Å². The largest absolute Gasteiger partial charge is 0.465 e. The minimum atomic E-state index is -1.26. The van der Waals surface area contributed by atoms with Gasteiger partial charge >= 0.3 is 6.09 Å². The van der Waals surface area contributed by atoms with Gasteiger partial charge in [0.25, 0.3) is 0 Å². The van der Waals surface area contributed by atoms with Crippen molar-refractivity contribution in [1.29, 1.82) is 5.26 Å². The fraction of sp³-hybridized carbons (Fsp3) is 0.846. The molecule has 1 amide bonds. The van der Waals surface area contributed by atoms with E-state index in [1.165, 1.54) is 4.90 Å². The van der Waals surface area contributed by atoms with E-state index >= 15 is 0 Å². The van der Waals surface area contributed by atoms with E-state index in [2.05, 4.69) is 0 Å². The van der Waals surface area contributed by atoms with Crippen LogP contribution in [0.3, 0.4) is 0 Å². The van der Waals surface area contributed by atoms with Gasteiger partial charge < -0.3 is 10.2 Å². The Hall–Kier alpha value is -1.28. The Balaban J connectivity index is 2.90. The summed E-state index contributed by atoms with van der Waals surface area (Å²) in [6, 6.07) is 1.14. The third-order valence-corrected chi connectivity index (χ3v) is 3.56. The lowest BCUT2D eigenvalue weighted by atomic mass is 9.79. The maximum absolute atomic E-state index is 11.4. The lowest BCUT2D eigenvalue weighted by molar-refractivity contribution is 0.0109. The molecule has 5 heteroatoms. The van der Waals surface area contributed by atoms with Crippen LogP contribution in [0, 0.1) is 17.2 Å². The Labute approximate surface area is 108 Å². The van der Waals surface area contributed by atoms with Gasteiger partial charge in [0.1, 0.15) is 0 Å². The second-order valence-electron chi connectivity index (χ2n) is 6.00. The van der Waals surface area contributed by atoms with Crippen molar-refractivity contribution in [2.45, 2.75) is 64.1 Å². The minimum absolute atomic E-state index is 0.433. The number of nitrogens with zero attached hydrogens (tertiary/aromatic N) is 2. The molecule has 0 heterocycles. The first kappa shape index (κ1) is 14.8. The molecule has 102 valence electrons. The monoisotopic (exact) mass is 254 g/mol. The topological polar surface area (TPSA) is 84.6 Å². The van der Waals surface area contributed by atoms with Crippen LogP contribution in [0.4, 0.5) is 4.79 Å². The second-order valence-corrected chi connectivity index (χ2v) is 6.00. The van der Waals surface area contributed by atoms with Crippen molar-refractivity contribution < 1.29 is 15.0 Å². The summed E-state index contributed by atoms with van der Waals surface area (Å²) in [6.07, 6.45) is 1.50. The number of hydrogen-bond donors (Lipinski definition) is 2. The Morgan fingerprint density at radius 1 is 1.50 bits per heavy atom. The van der Waals surface area contributed by atoms with E-state index in [1.54, 1.807) is 26.8 Å². The van der Waals surface area contributed by atoms with E-state index in [0.717, 1.165) is 19.3 Å². The summed E-state index contributed by atoms with van der Waals surface area (Å²) < 4.78 is 0. The van der Waals surface area contributed by atoms with E-state index in [4.69, 9.17) is 5.26 Å². The summed E-state index contributed by atoms with van der Waals surface area (Å²) in [5.41, 5.74) is -0.627. The van der Waals surface area contributed by atoms with Gasteiger partial charge in [-0.05, 0) is 33.1 Å². The summed E-state index contributed by atoms with van der Waals surface area (Å²) in [6.45, 7) is 5.33. The van der Waals surface area contributed by atoms with Gasteiger partial charge in [0, 0.05) is 5.54 Å². The number of amides is 1. The number of carboxylic acid groups (broad SMARTS) is 1. The molecular formula is C13H22N2O3. The molecule has 2 N–H and O–H groups in total. The highest BCUT2D eigenvalue weighted by Gasteiger charge is 2.39. The zero-order valence-electron chi connectivity index (χ0n) is 11.3. The average Bonchev–Trinajstić information content (AvgIpc) is 2.17. The molecule has 1 fully saturated rings. The Morgan fingerprint density at radius 3 is 2.33 bits per heavy atom. The number of hydrogen-bond acceptors (Lipinski definition) is 3. The van der Waals surface area contributed by atoms with Gasteiger partial charge in [-0.25, -0.2) is 4.79 Å². The molecule has 0 spiro atoms. The van der Waals surface area contributed by atoms with Gasteiger partial charge in [-0.15, -0.1) is 0 Å². The Morgan fingerprint density at radius 2 is 2.06 bits per heavy atom. The van der Waals surface area contributed by atoms with Crippen molar-refractivity contribution in [3.8, 4) is 6.07 Å². The van der Waals surface area contributed by atoms with E-state index in [-0.39, 0.29) is 0 Å². The summed E-state index contributed by atoms with van der Waals surface area (Å²) in [5.74, 6) is 0.433. The van der Waals surface area contributed by atoms with Crippen molar-refractivity contribution in [3.63, 3.8) is 0 Å². The molecule has 2 atom stereocenters. The quantitative estimate of drug-likeness (QED) is 0.753. The van der Waals surface area contributed by atoms with Crippen LogP contribution in [0.2, 0.25) is 0 Å². The molecule has 0 unspecified atom stereocenters. The third-order valence-electron chi connectivity index (χ3n) is 3.56. The maximum atomic E-state index is 11.4. The van der Waals surface area contributed by atoms with Gasteiger partial charge in [-0.2, -0.15) is 5.26 Å². The summed E-state index contributed by atoms with van der Waals surface area (Å²) in [5, 5.41) is 28.0. The van der Waals surface area contributed by atoms with Crippen LogP contribution >= 0.6 is 0 Å². The van der Waals surface area contributed by atoms with Crippen LogP contribution in [0.25, 0.3) is 0 Å². The van der Waals surface area contributed by atoms with Gasteiger partial charge in [-0.3, -0.25) is 4.90 Å². The van der Waals surface area contributed by atoms with Crippen LogP contribution in [-0.4, -0.2) is 38.9 Å². The van der Waals surface area contributed by atoms with Crippen molar-refractivity contribution in [1.82, 2.24) is 4.90 Å². The zero-order chi connectivity index (χ0) is 13.9. The number of nitriles is 1. The van der Waals surface area contributed by atoms with Gasteiger partial charge in [0.15, 0.2) is 6.10 Å². The maximum Gasteiger partial charge on any atom is 0.408 e. The van der Waals surface area contributed by atoms with Crippen molar-refractivity contribution in [2.24, 2.45) is 5.92 Å². The molecule has 5 nitrogen and oxygen atoms in total. The highest BCUT2D eigenvalue weighted by atomic mass is 16.4.